The standard InChI is InChI=1S/C19H17Cl2N3O5S/c20-15-11-14(12-16(21)13-15)1-6-19(25)22-7-9-23(10-8-22)30(28,29)18-4-2-17(3-5-18)24(26)27/h1-6,11-13H,7-10H2/b6-1+. The first-order chi connectivity index (χ1) is 14.2. The number of halogens is 2. The van der Waals surface area contributed by atoms with Gasteiger partial charge in [-0.2, -0.15) is 4.31 Å². The van der Waals surface area contributed by atoms with Gasteiger partial charge in [-0.05, 0) is 42.0 Å². The second-order valence-electron chi connectivity index (χ2n) is 6.52. The fourth-order valence-electron chi connectivity index (χ4n) is 2.98. The summed E-state index contributed by atoms with van der Waals surface area (Å²) in [5.41, 5.74) is 0.498. The van der Waals surface area contributed by atoms with Gasteiger partial charge in [-0.1, -0.05) is 23.2 Å². The number of sulfonamides is 1. The van der Waals surface area contributed by atoms with Gasteiger partial charge in [0.1, 0.15) is 0 Å². The first-order valence-electron chi connectivity index (χ1n) is 8.84. The van der Waals surface area contributed by atoms with Crippen molar-refractivity contribution >= 4 is 50.9 Å². The number of benzene rings is 2. The fourth-order valence-corrected chi connectivity index (χ4v) is 4.95. The van der Waals surface area contributed by atoms with Gasteiger partial charge in [0, 0.05) is 54.4 Å². The van der Waals surface area contributed by atoms with Crippen LogP contribution in [0.5, 0.6) is 0 Å². The van der Waals surface area contributed by atoms with E-state index in [0.29, 0.717) is 15.6 Å². The first-order valence-corrected chi connectivity index (χ1v) is 11.0. The summed E-state index contributed by atoms with van der Waals surface area (Å²) >= 11 is 11.9. The molecule has 1 saturated heterocycles. The lowest BCUT2D eigenvalue weighted by molar-refractivity contribution is -0.384. The van der Waals surface area contributed by atoms with Crippen molar-refractivity contribution in [2.24, 2.45) is 0 Å². The van der Waals surface area contributed by atoms with Gasteiger partial charge in [0.05, 0.1) is 9.82 Å². The summed E-state index contributed by atoms with van der Waals surface area (Å²) in [5, 5.41) is 11.6. The molecule has 0 bridgehead atoms. The maximum atomic E-state index is 12.7. The number of amides is 1. The summed E-state index contributed by atoms with van der Waals surface area (Å²) in [7, 11) is -3.79. The van der Waals surface area contributed by atoms with Crippen LogP contribution in [-0.4, -0.2) is 54.6 Å². The zero-order valence-electron chi connectivity index (χ0n) is 15.6. The highest BCUT2D eigenvalue weighted by Crippen LogP contribution is 2.22. The third-order valence-electron chi connectivity index (χ3n) is 4.54. The van der Waals surface area contributed by atoms with Crippen molar-refractivity contribution in [2.45, 2.75) is 4.90 Å². The van der Waals surface area contributed by atoms with Crippen LogP contribution in [0.4, 0.5) is 5.69 Å². The van der Waals surface area contributed by atoms with Crippen LogP contribution in [0.2, 0.25) is 10.0 Å². The minimum Gasteiger partial charge on any atom is -0.337 e. The highest BCUT2D eigenvalue weighted by Gasteiger charge is 2.29. The molecule has 1 aliphatic rings. The highest BCUT2D eigenvalue weighted by molar-refractivity contribution is 7.89. The smallest absolute Gasteiger partial charge is 0.269 e. The van der Waals surface area contributed by atoms with Crippen molar-refractivity contribution in [3.05, 3.63) is 74.3 Å². The van der Waals surface area contributed by atoms with Crippen molar-refractivity contribution in [1.82, 2.24) is 9.21 Å². The number of nitro benzene ring substituents is 1. The number of carbonyl (C=O) groups excluding carboxylic acids is 1. The van der Waals surface area contributed by atoms with E-state index in [9.17, 15) is 23.3 Å². The topological polar surface area (TPSA) is 101 Å². The molecule has 1 amide bonds. The molecule has 0 unspecified atom stereocenters. The molecule has 158 valence electrons. The van der Waals surface area contributed by atoms with E-state index in [1.807, 2.05) is 0 Å². The van der Waals surface area contributed by atoms with Gasteiger partial charge in [0.25, 0.3) is 5.69 Å². The molecule has 0 spiro atoms. The molecule has 2 aromatic carbocycles. The van der Waals surface area contributed by atoms with E-state index in [1.165, 1.54) is 22.5 Å². The fraction of sp³-hybridized carbons (Fsp3) is 0.211. The largest absolute Gasteiger partial charge is 0.337 e. The zero-order valence-corrected chi connectivity index (χ0v) is 17.9. The summed E-state index contributed by atoms with van der Waals surface area (Å²) in [6.45, 7) is 0.709. The number of carbonyl (C=O) groups is 1. The van der Waals surface area contributed by atoms with Crippen molar-refractivity contribution in [2.75, 3.05) is 26.2 Å². The Bertz CT molecular complexity index is 1080. The number of non-ortho nitro benzene ring substituents is 1. The minimum atomic E-state index is -3.79. The summed E-state index contributed by atoms with van der Waals surface area (Å²) in [6.07, 6.45) is 2.99. The molecule has 1 aliphatic heterocycles. The van der Waals surface area contributed by atoms with E-state index >= 15 is 0 Å². The van der Waals surface area contributed by atoms with Gasteiger partial charge in [0.2, 0.25) is 15.9 Å². The molecule has 1 heterocycles. The van der Waals surface area contributed by atoms with Crippen LogP contribution in [0.25, 0.3) is 6.08 Å². The Morgan fingerprint density at radius 3 is 2.10 bits per heavy atom. The molecule has 0 N–H and O–H groups in total. The van der Waals surface area contributed by atoms with Crippen LogP contribution in [-0.2, 0) is 14.8 Å². The zero-order chi connectivity index (χ0) is 21.9. The summed E-state index contributed by atoms with van der Waals surface area (Å²) in [4.78, 5) is 24.1. The number of nitrogens with zero attached hydrogens (tertiary/aromatic N) is 3. The summed E-state index contributed by atoms with van der Waals surface area (Å²) in [5.74, 6) is -0.251. The van der Waals surface area contributed by atoms with Crippen LogP contribution in [0.3, 0.4) is 0 Å². The number of hydrogen-bond acceptors (Lipinski definition) is 5. The van der Waals surface area contributed by atoms with Crippen molar-refractivity contribution in [3.63, 3.8) is 0 Å². The van der Waals surface area contributed by atoms with Gasteiger partial charge in [0.15, 0.2) is 0 Å². The Labute approximate surface area is 183 Å². The Morgan fingerprint density at radius 2 is 1.57 bits per heavy atom. The molecule has 0 aliphatic carbocycles. The lowest BCUT2D eigenvalue weighted by Gasteiger charge is -2.33. The van der Waals surface area contributed by atoms with Gasteiger partial charge >= 0.3 is 0 Å². The predicted octanol–water partition coefficient (Wildman–Crippen LogP) is 3.45. The van der Waals surface area contributed by atoms with Gasteiger partial charge in [-0.3, -0.25) is 14.9 Å². The second-order valence-corrected chi connectivity index (χ2v) is 9.33. The Balaban J connectivity index is 1.62. The molecular formula is C19H17Cl2N3O5S. The molecule has 0 saturated carbocycles. The molecule has 30 heavy (non-hydrogen) atoms. The average Bonchev–Trinajstić information content (AvgIpc) is 2.71. The lowest BCUT2D eigenvalue weighted by Crippen LogP contribution is -2.50. The Kier molecular flexibility index (Phi) is 6.77. The Hall–Kier alpha value is -2.46. The first kappa shape index (κ1) is 22.2. The molecule has 0 aromatic heterocycles. The molecule has 8 nitrogen and oxygen atoms in total. The highest BCUT2D eigenvalue weighted by atomic mass is 35.5. The van der Waals surface area contributed by atoms with Crippen LogP contribution in [0.1, 0.15) is 5.56 Å². The van der Waals surface area contributed by atoms with E-state index < -0.39 is 14.9 Å². The lowest BCUT2D eigenvalue weighted by atomic mass is 10.2. The third-order valence-corrected chi connectivity index (χ3v) is 6.89. The molecule has 11 heteroatoms. The van der Waals surface area contributed by atoms with E-state index in [0.717, 1.165) is 12.1 Å². The maximum Gasteiger partial charge on any atom is 0.269 e. The quantitative estimate of drug-likeness (QED) is 0.379. The normalized spacial score (nSPS) is 15.5. The number of rotatable bonds is 5. The number of piperazine rings is 1. The molecule has 0 radical (unpaired) electrons. The van der Waals surface area contributed by atoms with Gasteiger partial charge < -0.3 is 4.90 Å². The maximum absolute atomic E-state index is 12.7. The summed E-state index contributed by atoms with van der Waals surface area (Å²) in [6, 6.07) is 9.66. The average molecular weight is 470 g/mol. The minimum absolute atomic E-state index is 0.0226. The SMILES string of the molecule is O=C(/C=C/c1cc(Cl)cc(Cl)c1)N1CCN(S(=O)(=O)c2ccc([N+](=O)[O-])cc2)CC1. The predicted molar refractivity (Wildman–Crippen MR) is 114 cm³/mol. The van der Waals surface area contributed by atoms with E-state index in [1.54, 1.807) is 29.2 Å². The monoisotopic (exact) mass is 469 g/mol. The second kappa shape index (κ2) is 9.13. The van der Waals surface area contributed by atoms with Crippen LogP contribution < -0.4 is 0 Å². The number of nitro groups is 1. The molecule has 1 fully saturated rings. The van der Waals surface area contributed by atoms with Crippen LogP contribution in [0.15, 0.2) is 53.4 Å². The molecule has 0 atom stereocenters. The van der Waals surface area contributed by atoms with Gasteiger partial charge in [-0.25, -0.2) is 8.42 Å². The van der Waals surface area contributed by atoms with E-state index in [4.69, 9.17) is 23.2 Å². The summed E-state index contributed by atoms with van der Waals surface area (Å²) < 4.78 is 26.7. The van der Waals surface area contributed by atoms with E-state index in [-0.39, 0.29) is 42.7 Å². The van der Waals surface area contributed by atoms with Gasteiger partial charge in [-0.15, -0.1) is 0 Å². The molecule has 2 aromatic rings. The van der Waals surface area contributed by atoms with E-state index in [2.05, 4.69) is 0 Å². The number of hydrogen-bond donors (Lipinski definition) is 0. The third kappa shape index (κ3) is 5.17. The van der Waals surface area contributed by atoms with Crippen LogP contribution >= 0.6 is 23.2 Å². The Morgan fingerprint density at radius 1 is 1.00 bits per heavy atom. The molecular weight excluding hydrogens is 453 g/mol. The van der Waals surface area contributed by atoms with Crippen molar-refractivity contribution in [1.29, 1.82) is 0 Å². The molecule has 3 rings (SSSR count). The van der Waals surface area contributed by atoms with Crippen LogP contribution in [0, 0.1) is 10.1 Å². The van der Waals surface area contributed by atoms with Crippen molar-refractivity contribution < 1.29 is 18.1 Å². The van der Waals surface area contributed by atoms with Crippen molar-refractivity contribution in [3.8, 4) is 0 Å².